The van der Waals surface area contributed by atoms with Gasteiger partial charge in [0, 0.05) is 5.92 Å². The summed E-state index contributed by atoms with van der Waals surface area (Å²) in [6.45, 7) is 0. The molecule has 0 saturated carbocycles. The molecular weight excluding hydrogens is 202 g/mol. The van der Waals surface area contributed by atoms with Crippen LogP contribution in [0.1, 0.15) is 24.3 Å². The van der Waals surface area contributed by atoms with E-state index < -0.39 is 11.5 Å². The van der Waals surface area contributed by atoms with Gasteiger partial charge >= 0.3 is 5.97 Å². The van der Waals surface area contributed by atoms with Crippen LogP contribution >= 0.6 is 0 Å². The van der Waals surface area contributed by atoms with E-state index in [9.17, 15) is 9.90 Å². The van der Waals surface area contributed by atoms with E-state index in [1.165, 1.54) is 0 Å². The molecule has 3 heteroatoms. The monoisotopic (exact) mass is 217 g/mol. The van der Waals surface area contributed by atoms with Gasteiger partial charge in [0.05, 0.1) is 0 Å². The molecule has 0 aliphatic heterocycles. The second-order valence-corrected chi connectivity index (χ2v) is 4.22. The van der Waals surface area contributed by atoms with Crippen molar-refractivity contribution in [2.24, 2.45) is 5.73 Å². The maximum absolute atomic E-state index is 11.3. The van der Waals surface area contributed by atoms with Crippen molar-refractivity contribution < 1.29 is 9.90 Å². The summed E-state index contributed by atoms with van der Waals surface area (Å²) >= 11 is 0. The highest BCUT2D eigenvalue weighted by molar-refractivity contribution is 5.80. The number of rotatable bonds is 2. The van der Waals surface area contributed by atoms with Crippen LogP contribution in [0.3, 0.4) is 0 Å². The van der Waals surface area contributed by atoms with E-state index >= 15 is 0 Å². The van der Waals surface area contributed by atoms with Crippen LogP contribution in [0.4, 0.5) is 0 Å². The Labute approximate surface area is 94.6 Å². The molecule has 0 heterocycles. The first kappa shape index (κ1) is 10.9. The SMILES string of the molecule is N[C@]1(C(=O)O)CC=CC[C@H]1c1ccccc1. The Bertz CT molecular complexity index is 413. The summed E-state index contributed by atoms with van der Waals surface area (Å²) in [6, 6.07) is 9.62. The Kier molecular flexibility index (Phi) is 2.79. The number of hydrogen-bond acceptors (Lipinski definition) is 2. The molecule has 0 radical (unpaired) electrons. The second kappa shape index (κ2) is 4.10. The van der Waals surface area contributed by atoms with E-state index in [4.69, 9.17) is 5.73 Å². The normalized spacial score (nSPS) is 28.9. The van der Waals surface area contributed by atoms with Crippen molar-refractivity contribution in [3.05, 3.63) is 48.0 Å². The molecule has 0 fully saturated rings. The van der Waals surface area contributed by atoms with Crippen LogP contribution in [0.25, 0.3) is 0 Å². The highest BCUT2D eigenvalue weighted by Gasteiger charge is 2.42. The summed E-state index contributed by atoms with van der Waals surface area (Å²) in [5.41, 5.74) is 5.85. The van der Waals surface area contributed by atoms with Crippen LogP contribution in [0.15, 0.2) is 42.5 Å². The summed E-state index contributed by atoms with van der Waals surface area (Å²) in [4.78, 5) is 11.3. The molecule has 0 bridgehead atoms. The standard InChI is InChI=1S/C13H15NO2/c14-13(12(15)16)9-5-4-8-11(13)10-6-2-1-3-7-10/h1-7,11H,8-9,14H2,(H,15,16)/t11-,13+/m0/s1. The number of nitrogens with two attached hydrogens (primary N) is 1. The van der Waals surface area contributed by atoms with Gasteiger partial charge in [0.15, 0.2) is 0 Å². The van der Waals surface area contributed by atoms with Crippen molar-refractivity contribution in [2.75, 3.05) is 0 Å². The lowest BCUT2D eigenvalue weighted by Crippen LogP contribution is -2.53. The highest BCUT2D eigenvalue weighted by atomic mass is 16.4. The molecule has 0 spiro atoms. The van der Waals surface area contributed by atoms with Gasteiger partial charge in [-0.1, -0.05) is 42.5 Å². The molecule has 0 saturated heterocycles. The van der Waals surface area contributed by atoms with Crippen molar-refractivity contribution in [3.63, 3.8) is 0 Å². The molecule has 1 aliphatic rings. The predicted molar refractivity (Wildman–Crippen MR) is 62.1 cm³/mol. The average molecular weight is 217 g/mol. The van der Waals surface area contributed by atoms with Gasteiger partial charge in [-0.05, 0) is 18.4 Å². The second-order valence-electron chi connectivity index (χ2n) is 4.22. The lowest BCUT2D eigenvalue weighted by atomic mass is 9.73. The minimum absolute atomic E-state index is 0.142. The zero-order valence-electron chi connectivity index (χ0n) is 8.97. The first-order chi connectivity index (χ1) is 7.64. The number of carboxylic acids is 1. The van der Waals surface area contributed by atoms with Gasteiger partial charge in [0.25, 0.3) is 0 Å². The minimum Gasteiger partial charge on any atom is -0.480 e. The molecule has 3 N–H and O–H groups in total. The highest BCUT2D eigenvalue weighted by Crippen LogP contribution is 2.36. The van der Waals surface area contributed by atoms with Crippen LogP contribution in [0.2, 0.25) is 0 Å². The third kappa shape index (κ3) is 1.74. The minimum atomic E-state index is -1.17. The Morgan fingerprint density at radius 1 is 1.31 bits per heavy atom. The van der Waals surface area contributed by atoms with Gasteiger partial charge < -0.3 is 10.8 Å². The fourth-order valence-corrected chi connectivity index (χ4v) is 2.22. The Hall–Kier alpha value is -1.61. The number of benzene rings is 1. The lowest BCUT2D eigenvalue weighted by Gasteiger charge is -2.35. The number of aliphatic carboxylic acids is 1. The maximum atomic E-state index is 11.3. The zero-order valence-corrected chi connectivity index (χ0v) is 8.97. The molecule has 0 aromatic heterocycles. The van der Waals surface area contributed by atoms with Crippen LogP contribution in [-0.2, 0) is 4.79 Å². The van der Waals surface area contributed by atoms with E-state index in [1.54, 1.807) is 0 Å². The molecule has 0 unspecified atom stereocenters. The first-order valence-electron chi connectivity index (χ1n) is 5.37. The molecule has 2 atom stereocenters. The summed E-state index contributed by atoms with van der Waals surface area (Å²) in [6.07, 6.45) is 4.94. The number of hydrogen-bond donors (Lipinski definition) is 2. The molecule has 2 rings (SSSR count). The van der Waals surface area contributed by atoms with Gasteiger partial charge in [-0.15, -0.1) is 0 Å². The van der Waals surface area contributed by atoms with Gasteiger partial charge in [-0.3, -0.25) is 4.79 Å². The quantitative estimate of drug-likeness (QED) is 0.744. The molecule has 16 heavy (non-hydrogen) atoms. The average Bonchev–Trinajstić information content (AvgIpc) is 2.30. The van der Waals surface area contributed by atoms with Gasteiger partial charge in [0.1, 0.15) is 5.54 Å². The maximum Gasteiger partial charge on any atom is 0.324 e. The smallest absolute Gasteiger partial charge is 0.324 e. The van der Waals surface area contributed by atoms with Crippen molar-refractivity contribution in [1.29, 1.82) is 0 Å². The summed E-state index contributed by atoms with van der Waals surface area (Å²) in [7, 11) is 0. The third-order valence-electron chi connectivity index (χ3n) is 3.22. The van der Waals surface area contributed by atoms with Gasteiger partial charge in [-0.25, -0.2) is 0 Å². The van der Waals surface area contributed by atoms with E-state index in [-0.39, 0.29) is 5.92 Å². The van der Waals surface area contributed by atoms with Crippen molar-refractivity contribution in [1.82, 2.24) is 0 Å². The van der Waals surface area contributed by atoms with Gasteiger partial charge in [0.2, 0.25) is 0 Å². The van der Waals surface area contributed by atoms with E-state index in [0.29, 0.717) is 12.8 Å². The van der Waals surface area contributed by atoms with E-state index in [0.717, 1.165) is 5.56 Å². The van der Waals surface area contributed by atoms with E-state index in [1.807, 2.05) is 42.5 Å². The van der Waals surface area contributed by atoms with Crippen molar-refractivity contribution >= 4 is 5.97 Å². The van der Waals surface area contributed by atoms with Crippen LogP contribution < -0.4 is 5.73 Å². The number of carbonyl (C=O) groups is 1. The van der Waals surface area contributed by atoms with E-state index in [2.05, 4.69) is 0 Å². The molecule has 0 amide bonds. The van der Waals surface area contributed by atoms with Crippen LogP contribution in [-0.4, -0.2) is 16.6 Å². The fourth-order valence-electron chi connectivity index (χ4n) is 2.22. The van der Waals surface area contributed by atoms with Gasteiger partial charge in [-0.2, -0.15) is 0 Å². The molecule has 3 nitrogen and oxygen atoms in total. The Morgan fingerprint density at radius 3 is 2.62 bits per heavy atom. The Morgan fingerprint density at radius 2 is 2.00 bits per heavy atom. The topological polar surface area (TPSA) is 63.3 Å². The molecule has 1 aromatic carbocycles. The zero-order chi connectivity index (χ0) is 11.6. The van der Waals surface area contributed by atoms with Crippen molar-refractivity contribution in [3.8, 4) is 0 Å². The summed E-state index contributed by atoms with van der Waals surface area (Å²) in [5.74, 6) is -1.07. The fraction of sp³-hybridized carbons (Fsp3) is 0.308. The van der Waals surface area contributed by atoms with Crippen molar-refractivity contribution in [2.45, 2.75) is 24.3 Å². The molecular formula is C13H15NO2. The molecule has 1 aliphatic carbocycles. The Balaban J connectivity index is 2.39. The van der Waals surface area contributed by atoms with Crippen LogP contribution in [0, 0.1) is 0 Å². The predicted octanol–water partition coefficient (Wildman–Crippen LogP) is 1.90. The molecule has 84 valence electrons. The number of allylic oxidation sites excluding steroid dienone is 1. The largest absolute Gasteiger partial charge is 0.480 e. The summed E-state index contributed by atoms with van der Waals surface area (Å²) in [5, 5.41) is 9.27. The van der Waals surface area contributed by atoms with Crippen LogP contribution in [0.5, 0.6) is 0 Å². The first-order valence-corrected chi connectivity index (χ1v) is 5.37. The third-order valence-corrected chi connectivity index (χ3v) is 3.22. The summed E-state index contributed by atoms with van der Waals surface area (Å²) < 4.78 is 0. The molecule has 1 aromatic rings. The lowest BCUT2D eigenvalue weighted by molar-refractivity contribution is -0.144. The number of carboxylic acid groups (broad SMARTS) is 1.